The van der Waals surface area contributed by atoms with Crippen molar-refractivity contribution in [1.82, 2.24) is 0 Å². The quantitative estimate of drug-likeness (QED) is 0.659. The predicted octanol–water partition coefficient (Wildman–Crippen LogP) is 4.56. The summed E-state index contributed by atoms with van der Waals surface area (Å²) in [5, 5.41) is 12.1. The minimum absolute atomic E-state index is 0.0341. The molecule has 5 nitrogen and oxygen atoms in total. The zero-order chi connectivity index (χ0) is 21.3. The largest absolute Gasteiger partial charge is 0.257 e. The van der Waals surface area contributed by atoms with Crippen molar-refractivity contribution in [2.45, 2.75) is 37.6 Å². The van der Waals surface area contributed by atoms with Crippen LogP contribution in [0.15, 0.2) is 82.8 Å². The molecule has 1 aliphatic heterocycles. The van der Waals surface area contributed by atoms with Gasteiger partial charge in [0.1, 0.15) is 0 Å². The van der Waals surface area contributed by atoms with Crippen molar-refractivity contribution in [2.75, 3.05) is 5.01 Å². The van der Waals surface area contributed by atoms with Gasteiger partial charge in [-0.05, 0) is 54.3 Å². The third-order valence-corrected chi connectivity index (χ3v) is 6.43. The van der Waals surface area contributed by atoms with Crippen LogP contribution in [0.2, 0.25) is 0 Å². The maximum Gasteiger partial charge on any atom is 0.238 e. The van der Waals surface area contributed by atoms with Crippen molar-refractivity contribution >= 4 is 21.4 Å². The van der Waals surface area contributed by atoms with Crippen molar-refractivity contribution in [3.8, 4) is 0 Å². The van der Waals surface area contributed by atoms with Crippen molar-refractivity contribution < 1.29 is 8.42 Å². The lowest BCUT2D eigenvalue weighted by Gasteiger charge is -2.24. The number of hydrazone groups is 1. The van der Waals surface area contributed by atoms with E-state index in [1.807, 2.05) is 5.01 Å². The molecule has 0 bridgehead atoms. The number of sulfonamides is 1. The molecule has 0 spiro atoms. The van der Waals surface area contributed by atoms with E-state index in [9.17, 15) is 8.42 Å². The highest BCUT2D eigenvalue weighted by Gasteiger charge is 2.30. The molecule has 30 heavy (non-hydrogen) atoms. The molecule has 2 N–H and O–H groups in total. The molecule has 0 fully saturated rings. The SMILES string of the molecule is CCc1ccc(C2=NN(c3ccc(S(N)(=O)=O)cc3)C(c3ccc(C)cc3)C2)cc1. The first-order valence-electron chi connectivity index (χ1n) is 10.0. The van der Waals surface area contributed by atoms with Gasteiger partial charge in [0.25, 0.3) is 0 Å². The van der Waals surface area contributed by atoms with Crippen LogP contribution < -0.4 is 10.1 Å². The Labute approximate surface area is 177 Å². The zero-order valence-electron chi connectivity index (χ0n) is 17.1. The van der Waals surface area contributed by atoms with E-state index in [4.69, 9.17) is 10.2 Å². The Morgan fingerprint density at radius 1 is 0.967 bits per heavy atom. The highest BCUT2D eigenvalue weighted by Crippen LogP contribution is 2.37. The Kier molecular flexibility index (Phi) is 5.45. The minimum Gasteiger partial charge on any atom is -0.257 e. The van der Waals surface area contributed by atoms with Crippen LogP contribution in [0.3, 0.4) is 0 Å². The van der Waals surface area contributed by atoms with Crippen molar-refractivity contribution in [3.05, 3.63) is 95.1 Å². The number of primary sulfonamides is 1. The van der Waals surface area contributed by atoms with E-state index in [2.05, 4.69) is 62.4 Å². The molecule has 0 saturated carbocycles. The van der Waals surface area contributed by atoms with Gasteiger partial charge in [-0.25, -0.2) is 13.6 Å². The molecular formula is C24H25N3O2S. The number of rotatable bonds is 5. The van der Waals surface area contributed by atoms with Gasteiger partial charge in [-0.3, -0.25) is 5.01 Å². The fourth-order valence-corrected chi connectivity index (χ4v) is 4.21. The summed E-state index contributed by atoms with van der Waals surface area (Å²) in [6.07, 6.45) is 1.77. The first-order chi connectivity index (χ1) is 14.3. The number of anilines is 1. The molecule has 0 aliphatic carbocycles. The van der Waals surface area contributed by atoms with Crippen molar-refractivity contribution in [1.29, 1.82) is 0 Å². The van der Waals surface area contributed by atoms with E-state index in [1.165, 1.54) is 28.8 Å². The molecule has 1 atom stereocenters. The van der Waals surface area contributed by atoms with Gasteiger partial charge in [0, 0.05) is 6.42 Å². The average molecular weight is 420 g/mol. The van der Waals surface area contributed by atoms with Gasteiger partial charge in [0.05, 0.1) is 22.3 Å². The molecule has 1 aliphatic rings. The fourth-order valence-electron chi connectivity index (χ4n) is 3.69. The molecule has 154 valence electrons. The van der Waals surface area contributed by atoms with Gasteiger partial charge < -0.3 is 0 Å². The first kappa shape index (κ1) is 20.3. The number of hydrogen-bond donors (Lipinski definition) is 1. The predicted molar refractivity (Wildman–Crippen MR) is 121 cm³/mol. The lowest BCUT2D eigenvalue weighted by molar-refractivity contribution is 0.597. The van der Waals surface area contributed by atoms with Crippen molar-refractivity contribution in [2.24, 2.45) is 10.2 Å². The summed E-state index contributed by atoms with van der Waals surface area (Å²) in [6, 6.07) is 23.6. The lowest BCUT2D eigenvalue weighted by Crippen LogP contribution is -2.19. The van der Waals surface area contributed by atoms with Crippen LogP contribution in [0.5, 0.6) is 0 Å². The number of nitrogens with two attached hydrogens (primary N) is 1. The summed E-state index contributed by atoms with van der Waals surface area (Å²) in [6.45, 7) is 4.21. The molecule has 0 saturated heterocycles. The fraction of sp³-hybridized carbons (Fsp3) is 0.208. The summed E-state index contributed by atoms with van der Waals surface area (Å²) < 4.78 is 23.2. The number of hydrogen-bond acceptors (Lipinski definition) is 4. The second kappa shape index (κ2) is 8.05. The molecule has 4 rings (SSSR count). The maximum atomic E-state index is 11.6. The maximum absolute atomic E-state index is 11.6. The molecule has 3 aromatic rings. The van der Waals surface area contributed by atoms with Crippen LogP contribution in [0.25, 0.3) is 0 Å². The second-order valence-corrected chi connectivity index (χ2v) is 9.17. The van der Waals surface area contributed by atoms with Crippen LogP contribution >= 0.6 is 0 Å². The molecule has 1 heterocycles. The second-order valence-electron chi connectivity index (χ2n) is 7.61. The Bertz CT molecular complexity index is 1170. The number of benzene rings is 3. The third kappa shape index (κ3) is 4.15. The summed E-state index contributed by atoms with van der Waals surface area (Å²) in [7, 11) is -3.73. The summed E-state index contributed by atoms with van der Waals surface area (Å²) in [4.78, 5) is 0.0942. The van der Waals surface area contributed by atoms with E-state index < -0.39 is 10.0 Å². The Balaban J connectivity index is 1.73. The minimum atomic E-state index is -3.73. The molecule has 0 aromatic heterocycles. The number of aryl methyl sites for hydroxylation is 2. The monoisotopic (exact) mass is 419 g/mol. The Morgan fingerprint density at radius 2 is 1.60 bits per heavy atom. The van der Waals surface area contributed by atoms with Gasteiger partial charge >= 0.3 is 0 Å². The van der Waals surface area contributed by atoms with Crippen molar-refractivity contribution in [3.63, 3.8) is 0 Å². The molecule has 3 aromatic carbocycles. The highest BCUT2D eigenvalue weighted by molar-refractivity contribution is 7.89. The van der Waals surface area contributed by atoms with E-state index in [0.29, 0.717) is 0 Å². The third-order valence-electron chi connectivity index (χ3n) is 5.50. The van der Waals surface area contributed by atoms with E-state index in [1.54, 1.807) is 12.1 Å². The van der Waals surface area contributed by atoms with E-state index in [0.717, 1.165) is 29.8 Å². The summed E-state index contributed by atoms with van der Waals surface area (Å²) >= 11 is 0. The van der Waals surface area contributed by atoms with Gasteiger partial charge in [-0.2, -0.15) is 5.10 Å². The first-order valence-corrected chi connectivity index (χ1v) is 11.6. The van der Waals surface area contributed by atoms with Crippen LogP contribution in [0, 0.1) is 6.92 Å². The number of nitrogens with zero attached hydrogens (tertiary/aromatic N) is 2. The van der Waals surface area contributed by atoms with Gasteiger partial charge in [0.15, 0.2) is 0 Å². The summed E-state index contributed by atoms with van der Waals surface area (Å²) in [5.74, 6) is 0. The zero-order valence-corrected chi connectivity index (χ0v) is 17.9. The lowest BCUT2D eigenvalue weighted by atomic mass is 9.97. The molecule has 0 amide bonds. The molecular weight excluding hydrogens is 394 g/mol. The normalized spacial score (nSPS) is 16.6. The topological polar surface area (TPSA) is 75.8 Å². The average Bonchev–Trinajstić information content (AvgIpc) is 3.19. The summed E-state index contributed by atoms with van der Waals surface area (Å²) in [5.41, 5.74) is 6.61. The van der Waals surface area contributed by atoms with Crippen LogP contribution in [0.4, 0.5) is 5.69 Å². The van der Waals surface area contributed by atoms with E-state index in [-0.39, 0.29) is 10.9 Å². The molecule has 1 unspecified atom stereocenters. The van der Waals surface area contributed by atoms with Gasteiger partial charge in [0.2, 0.25) is 10.0 Å². The van der Waals surface area contributed by atoms with Gasteiger partial charge in [-0.15, -0.1) is 0 Å². The van der Waals surface area contributed by atoms with Crippen LogP contribution in [0.1, 0.15) is 41.6 Å². The Hall–Kier alpha value is -2.96. The van der Waals surface area contributed by atoms with Gasteiger partial charge in [-0.1, -0.05) is 61.0 Å². The molecule has 6 heteroatoms. The van der Waals surface area contributed by atoms with Crippen LogP contribution in [-0.4, -0.2) is 14.1 Å². The Morgan fingerprint density at radius 3 is 2.17 bits per heavy atom. The molecule has 0 radical (unpaired) electrons. The van der Waals surface area contributed by atoms with Crippen LogP contribution in [-0.2, 0) is 16.4 Å². The van der Waals surface area contributed by atoms with E-state index >= 15 is 0 Å². The smallest absolute Gasteiger partial charge is 0.238 e. The highest BCUT2D eigenvalue weighted by atomic mass is 32.2. The standard InChI is InChI=1S/C24H25N3O2S/c1-3-18-6-10-19(11-7-18)23-16-24(20-8-4-17(2)5-9-20)27(26-23)21-12-14-22(15-13-21)30(25,28)29/h4-15,24H,3,16H2,1-2H3,(H2,25,28,29).